The number of nitrogens with one attached hydrogen (secondary N) is 5. The molecule has 3 aliphatic rings. The first-order chi connectivity index (χ1) is 32.9. The number of rotatable bonds is 14. The fraction of sp³-hybridized carbons (Fsp3) is 0.432. The number of alkyl halides is 3. The zero-order chi connectivity index (χ0) is 47.4. The molecule has 9 rings (SSSR count). The minimum absolute atomic E-state index is 0.00247. The van der Waals surface area contributed by atoms with Gasteiger partial charge in [0, 0.05) is 90.0 Å². The number of aromatic nitrogens is 8. The second-order valence-corrected chi connectivity index (χ2v) is 16.8. The van der Waals surface area contributed by atoms with Crippen LogP contribution in [0.1, 0.15) is 13.3 Å². The summed E-state index contributed by atoms with van der Waals surface area (Å²) in [6, 6.07) is 8.80. The molecular weight excluding hydrogens is 890 g/mol. The summed E-state index contributed by atoms with van der Waals surface area (Å²) >= 11 is 0. The third kappa shape index (κ3) is 10.2. The second-order valence-electron chi connectivity index (χ2n) is 16.8. The van der Waals surface area contributed by atoms with Gasteiger partial charge < -0.3 is 60.3 Å². The van der Waals surface area contributed by atoms with Crippen molar-refractivity contribution in [1.82, 2.24) is 50.1 Å². The van der Waals surface area contributed by atoms with Crippen LogP contribution in [0.5, 0.6) is 0 Å². The van der Waals surface area contributed by atoms with E-state index in [0.29, 0.717) is 92.1 Å². The molecule has 1 amide bonds. The van der Waals surface area contributed by atoms with Crippen LogP contribution < -0.4 is 46.7 Å². The summed E-state index contributed by atoms with van der Waals surface area (Å²) in [5.74, 6) is 2.32. The average molecular weight is 941 g/mol. The zero-order valence-corrected chi connectivity index (χ0v) is 37.2. The van der Waals surface area contributed by atoms with Crippen molar-refractivity contribution < 1.29 is 27.8 Å². The van der Waals surface area contributed by atoms with Crippen molar-refractivity contribution in [2.45, 2.75) is 25.6 Å². The Hall–Kier alpha value is -7.18. The minimum atomic E-state index is -4.45. The molecule has 3 aliphatic heterocycles. The van der Waals surface area contributed by atoms with Crippen LogP contribution in [0.4, 0.5) is 59.5 Å². The van der Waals surface area contributed by atoms with E-state index in [1.807, 2.05) is 28.9 Å². The van der Waals surface area contributed by atoms with Gasteiger partial charge in [0.15, 0.2) is 0 Å². The summed E-state index contributed by atoms with van der Waals surface area (Å²) in [7, 11) is 0. The van der Waals surface area contributed by atoms with E-state index >= 15 is 0 Å². The Labute approximate surface area is 386 Å². The quantitative estimate of drug-likeness (QED) is 0.0920. The second kappa shape index (κ2) is 20.0. The summed E-state index contributed by atoms with van der Waals surface area (Å²) in [6.07, 6.45) is 1.85. The molecule has 9 heterocycles. The number of H-pyrrole nitrogens is 2. The minimum Gasteiger partial charge on any atom is -0.395 e. The van der Waals surface area contributed by atoms with Gasteiger partial charge in [-0.15, -0.1) is 0 Å². The van der Waals surface area contributed by atoms with E-state index in [0.717, 1.165) is 18.9 Å². The molecule has 24 heteroatoms. The van der Waals surface area contributed by atoms with E-state index in [9.17, 15) is 32.7 Å². The fourth-order valence-corrected chi connectivity index (χ4v) is 8.60. The number of carbonyl (C=O) groups excluding carboxylic acids is 1. The number of anilines is 8. The standard InChI is InChI=1S/C44H51F3N16O5/c1-27(43(67)62-12-10-60(11-13-62)35-20-30-37(41(65)53-25-51-30)39(57-35)55-29-3-5-34(50-23-29)61-15-18-68-19-16-61)6-8-59(14-17-64)33-4-2-28(22-49-33)56-40-38-31(52-26-54-42(38)66)21-36(58-40)63-9-7-48-32(24-63)44(45,46)47/h2-5,20-23,25-27,32,48,64H,6-19,24H2,1H3,(H,55,57)(H,56,58)(H,51,53,65)(H,52,54,66). The lowest BCUT2D eigenvalue weighted by Crippen LogP contribution is -2.57. The molecule has 3 fully saturated rings. The lowest BCUT2D eigenvalue weighted by molar-refractivity contribution is -0.155. The number of fused-ring (bicyclic) bond motifs is 2. The van der Waals surface area contributed by atoms with Crippen LogP contribution in [0.3, 0.4) is 0 Å². The van der Waals surface area contributed by atoms with Crippen molar-refractivity contribution >= 4 is 74.0 Å². The van der Waals surface area contributed by atoms with Crippen LogP contribution in [0.15, 0.2) is 71.0 Å². The molecule has 0 spiro atoms. The molecule has 6 N–H and O–H groups in total. The van der Waals surface area contributed by atoms with E-state index in [1.54, 1.807) is 24.4 Å². The molecule has 6 aromatic heterocycles. The van der Waals surface area contributed by atoms with Gasteiger partial charge in [-0.3, -0.25) is 14.4 Å². The third-order valence-corrected chi connectivity index (χ3v) is 12.3. The topological polar surface area (TPSA) is 242 Å². The number of nitrogens with zero attached hydrogens (tertiary/aromatic N) is 11. The highest BCUT2D eigenvalue weighted by Crippen LogP contribution is 2.31. The van der Waals surface area contributed by atoms with Gasteiger partial charge in [0.05, 0.1) is 67.3 Å². The molecular formula is C44H51F3N16O5. The Kier molecular flexibility index (Phi) is 13.5. The molecule has 0 bridgehead atoms. The van der Waals surface area contributed by atoms with Gasteiger partial charge in [-0.2, -0.15) is 13.2 Å². The van der Waals surface area contributed by atoms with E-state index in [1.165, 1.54) is 29.8 Å². The molecule has 0 saturated carbocycles. The number of aliphatic hydroxyl groups excluding tert-OH is 1. The Morgan fingerprint density at radius 2 is 1.40 bits per heavy atom. The normalized spacial score (nSPS) is 17.4. The number of ether oxygens (including phenoxy) is 1. The first-order valence-corrected chi connectivity index (χ1v) is 22.4. The molecule has 2 unspecified atom stereocenters. The fourth-order valence-electron chi connectivity index (χ4n) is 8.60. The summed E-state index contributed by atoms with van der Waals surface area (Å²) in [4.78, 5) is 81.7. The number of hydrogen-bond donors (Lipinski definition) is 6. The number of pyridine rings is 4. The van der Waals surface area contributed by atoms with Crippen LogP contribution in [0.25, 0.3) is 21.8 Å². The number of aromatic amines is 2. The van der Waals surface area contributed by atoms with Crippen LogP contribution >= 0.6 is 0 Å². The Balaban J connectivity index is 0.821. The molecule has 2 atom stereocenters. The first-order valence-electron chi connectivity index (χ1n) is 22.4. The average Bonchev–Trinajstić information content (AvgIpc) is 3.35. The van der Waals surface area contributed by atoms with Gasteiger partial charge in [0.25, 0.3) is 11.1 Å². The van der Waals surface area contributed by atoms with E-state index in [2.05, 4.69) is 60.6 Å². The van der Waals surface area contributed by atoms with Gasteiger partial charge in [-0.05, 0) is 30.7 Å². The number of halogens is 3. The number of carbonyl (C=O) groups is 1. The number of morpholine rings is 1. The van der Waals surface area contributed by atoms with E-state index < -0.39 is 17.8 Å². The highest BCUT2D eigenvalue weighted by Gasteiger charge is 2.42. The van der Waals surface area contributed by atoms with Gasteiger partial charge in [-0.1, -0.05) is 6.92 Å². The van der Waals surface area contributed by atoms with E-state index in [4.69, 9.17) is 9.72 Å². The van der Waals surface area contributed by atoms with Gasteiger partial charge in [-0.25, -0.2) is 29.9 Å². The lowest BCUT2D eigenvalue weighted by atomic mass is 10.1. The summed E-state index contributed by atoms with van der Waals surface area (Å²) in [6.45, 7) is 7.12. The predicted molar refractivity (Wildman–Crippen MR) is 250 cm³/mol. The van der Waals surface area contributed by atoms with Crippen molar-refractivity contribution in [1.29, 1.82) is 0 Å². The number of aliphatic hydroxyl groups is 1. The number of piperazine rings is 2. The largest absolute Gasteiger partial charge is 0.405 e. The van der Waals surface area contributed by atoms with Crippen molar-refractivity contribution in [3.05, 3.63) is 82.2 Å². The Bertz CT molecular complexity index is 2840. The monoisotopic (exact) mass is 940 g/mol. The third-order valence-electron chi connectivity index (χ3n) is 12.3. The highest BCUT2D eigenvalue weighted by atomic mass is 19.4. The zero-order valence-electron chi connectivity index (χ0n) is 37.2. The maximum Gasteiger partial charge on any atom is 0.405 e. The summed E-state index contributed by atoms with van der Waals surface area (Å²) < 4.78 is 46.3. The van der Waals surface area contributed by atoms with Gasteiger partial charge >= 0.3 is 6.18 Å². The van der Waals surface area contributed by atoms with Crippen LogP contribution in [0, 0.1) is 5.92 Å². The maximum atomic E-state index is 13.8. The van der Waals surface area contributed by atoms with Crippen LogP contribution in [-0.2, 0) is 9.53 Å². The van der Waals surface area contributed by atoms with Crippen LogP contribution in [-0.4, -0.2) is 160 Å². The van der Waals surface area contributed by atoms with Crippen molar-refractivity contribution in [2.24, 2.45) is 5.92 Å². The van der Waals surface area contributed by atoms with Gasteiger partial charge in [0.2, 0.25) is 5.91 Å². The SMILES string of the molecule is CC(CCN(CCO)c1ccc(Nc2nc(N3CCNC(C(F)(F)F)C3)cc3nc[nH]c(=O)c23)cn1)C(=O)N1CCN(c2cc3nc[nH]c(=O)c3c(Nc3ccc(N4CCOCC4)nc3)n2)CC1. The highest BCUT2D eigenvalue weighted by molar-refractivity contribution is 5.93. The molecule has 0 aliphatic carbocycles. The molecule has 6 aromatic rings. The summed E-state index contributed by atoms with van der Waals surface area (Å²) in [5.41, 5.74) is 1.04. The Morgan fingerprint density at radius 3 is 1.97 bits per heavy atom. The predicted octanol–water partition coefficient (Wildman–Crippen LogP) is 2.58. The first kappa shape index (κ1) is 46.0. The smallest absolute Gasteiger partial charge is 0.395 e. The molecule has 21 nitrogen and oxygen atoms in total. The molecule has 0 radical (unpaired) electrons. The lowest BCUT2D eigenvalue weighted by Gasteiger charge is -2.37. The number of amides is 1. The molecule has 3 saturated heterocycles. The van der Waals surface area contributed by atoms with Crippen LogP contribution in [0.2, 0.25) is 0 Å². The maximum absolute atomic E-state index is 13.8. The summed E-state index contributed by atoms with van der Waals surface area (Å²) in [5, 5.41) is 19.3. The van der Waals surface area contributed by atoms with Crippen molar-refractivity contribution in [3.8, 4) is 0 Å². The van der Waals surface area contributed by atoms with E-state index in [-0.39, 0.29) is 72.7 Å². The molecule has 68 heavy (non-hydrogen) atoms. The Morgan fingerprint density at radius 1 is 0.794 bits per heavy atom. The van der Waals surface area contributed by atoms with Crippen molar-refractivity contribution in [3.63, 3.8) is 0 Å². The van der Waals surface area contributed by atoms with Crippen molar-refractivity contribution in [2.75, 3.05) is 122 Å². The number of hydrogen-bond acceptors (Lipinski definition) is 18. The molecule has 0 aromatic carbocycles. The molecule has 358 valence electrons. The van der Waals surface area contributed by atoms with Gasteiger partial charge in [0.1, 0.15) is 51.7 Å².